The van der Waals surface area contributed by atoms with Crippen molar-refractivity contribution in [2.45, 2.75) is 175 Å². The normalized spacial score (nSPS) is 53.7. The third kappa shape index (κ3) is 4.36. The molecule has 0 unspecified atom stereocenters. The molecule has 1 spiro atoms. The number of fused-ring (bicyclic) bond motifs is 7. The molecule has 6 saturated carbocycles. The first kappa shape index (κ1) is 32.0. The summed E-state index contributed by atoms with van der Waals surface area (Å²) in [6.45, 7) is 13.1. The minimum absolute atomic E-state index is 0.129. The van der Waals surface area contributed by atoms with Crippen LogP contribution < -0.4 is 0 Å². The maximum Gasteiger partial charge on any atom is 0.309 e. The fourth-order valence-corrected chi connectivity index (χ4v) is 14.8. The largest absolute Gasteiger partial charge is 0.481 e. The van der Waals surface area contributed by atoms with E-state index in [2.05, 4.69) is 34.6 Å². The van der Waals surface area contributed by atoms with Crippen LogP contribution in [0.5, 0.6) is 0 Å². The van der Waals surface area contributed by atoms with Crippen LogP contribution in [0.1, 0.15) is 169 Å². The van der Waals surface area contributed by atoms with Crippen molar-refractivity contribution in [2.24, 2.45) is 62.1 Å². The number of aliphatic carboxylic acids is 1. The average molecular weight is 611 g/mol. The van der Waals surface area contributed by atoms with E-state index in [-0.39, 0.29) is 33.0 Å². The van der Waals surface area contributed by atoms with Crippen LogP contribution in [0.2, 0.25) is 0 Å². The Balaban J connectivity index is 1.20. The van der Waals surface area contributed by atoms with E-state index in [1.165, 1.54) is 103 Å². The number of hydrogen-bond donors (Lipinski definition) is 2. The van der Waals surface area contributed by atoms with Gasteiger partial charge in [-0.3, -0.25) is 4.79 Å². The minimum Gasteiger partial charge on any atom is -0.481 e. The molecule has 0 aromatic carbocycles. The van der Waals surface area contributed by atoms with Crippen molar-refractivity contribution < 1.29 is 19.7 Å². The molecule has 6 aliphatic carbocycles. The predicted octanol–water partition coefficient (Wildman–Crippen LogP) is 10.2. The van der Waals surface area contributed by atoms with E-state index < -0.39 is 17.2 Å². The molecule has 0 aromatic heterocycles. The second-order valence-corrected chi connectivity index (χ2v) is 19.2. The summed E-state index contributed by atoms with van der Waals surface area (Å²) in [5.74, 6) is 1.55. The Morgan fingerprint density at radius 1 is 0.773 bits per heavy atom. The highest BCUT2D eigenvalue weighted by atomic mass is 16.6. The highest BCUT2D eigenvalue weighted by Crippen LogP contribution is 2.80. The lowest BCUT2D eigenvalue weighted by molar-refractivity contribution is -0.274. The maximum atomic E-state index is 12.8. The van der Waals surface area contributed by atoms with Crippen LogP contribution in [-0.4, -0.2) is 28.6 Å². The highest BCUT2D eigenvalue weighted by Gasteiger charge is 2.75. The van der Waals surface area contributed by atoms with Gasteiger partial charge in [-0.1, -0.05) is 85.5 Å². The first-order valence-corrected chi connectivity index (χ1v) is 19.4. The zero-order valence-corrected chi connectivity index (χ0v) is 29.2. The summed E-state index contributed by atoms with van der Waals surface area (Å²) in [5.41, 5.74) is 0.586. The molecule has 2 bridgehead atoms. The van der Waals surface area contributed by atoms with Crippen molar-refractivity contribution in [3.63, 3.8) is 0 Å². The molecular formula is C40H66O4. The summed E-state index contributed by atoms with van der Waals surface area (Å²) in [6, 6.07) is 0. The Bertz CT molecular complexity index is 1110. The van der Waals surface area contributed by atoms with E-state index in [0.717, 1.165) is 44.6 Å². The Morgan fingerprint density at radius 2 is 1.50 bits per heavy atom. The van der Waals surface area contributed by atoms with Crippen molar-refractivity contribution in [1.29, 1.82) is 0 Å². The van der Waals surface area contributed by atoms with Crippen LogP contribution in [0.4, 0.5) is 0 Å². The fraction of sp³-hybridized carbons (Fsp3) is 0.975. The first-order valence-electron chi connectivity index (χ1n) is 19.4. The number of carboxylic acid groups (broad SMARTS) is 1. The molecule has 4 heteroatoms. The molecule has 2 N–H and O–H groups in total. The van der Waals surface area contributed by atoms with Gasteiger partial charge in [0, 0.05) is 17.8 Å². The van der Waals surface area contributed by atoms with E-state index >= 15 is 0 Å². The Morgan fingerprint density at radius 3 is 2.25 bits per heavy atom. The topological polar surface area (TPSA) is 66.8 Å². The molecule has 250 valence electrons. The van der Waals surface area contributed by atoms with Crippen LogP contribution in [0.25, 0.3) is 0 Å². The molecule has 1 heterocycles. The Labute approximate surface area is 269 Å². The molecule has 7 aliphatic rings. The quantitative estimate of drug-likeness (QED) is 0.282. The zero-order chi connectivity index (χ0) is 31.2. The fourth-order valence-electron chi connectivity index (χ4n) is 14.8. The standard InChI is InChI=1S/C40H66O4/c1-28-38-18-15-30-36(4,31(38)16-19-40(28,43)44-27-38)23-25-39(17-11-7-10-14-29-12-8-6-9-13-29)32-26-35(3,33(41)42)21-20-34(32,2)22-24-37(30,39)5/h28-32,43H,6-27H2,1-5H3,(H,41,42)/t28-,30+,31+,32-,34-,35-,36-,37-,38+,39+,40+/m1/s1. The molecule has 0 amide bonds. The van der Waals surface area contributed by atoms with Crippen molar-refractivity contribution in [2.75, 3.05) is 6.61 Å². The summed E-state index contributed by atoms with van der Waals surface area (Å²) in [4.78, 5) is 12.8. The SMILES string of the molecule is C[C@@H]1[C@@]23CC[C@H]4[C@@](C)(CC[C@@]5(CCCCCC6CCCCC6)[C@@H]6C[C@](C)(C(=O)O)CC[C@]6(C)CC[C@]45C)[C@@H]2CC[C@]1(O)OC3. The van der Waals surface area contributed by atoms with E-state index in [0.29, 0.717) is 17.8 Å². The van der Waals surface area contributed by atoms with Crippen molar-refractivity contribution in [3.05, 3.63) is 0 Å². The molecule has 1 saturated heterocycles. The van der Waals surface area contributed by atoms with Gasteiger partial charge < -0.3 is 14.9 Å². The molecule has 0 radical (unpaired) electrons. The van der Waals surface area contributed by atoms with Gasteiger partial charge in [0.05, 0.1) is 12.0 Å². The van der Waals surface area contributed by atoms with Gasteiger partial charge in [-0.15, -0.1) is 0 Å². The lowest BCUT2D eigenvalue weighted by Crippen LogP contribution is -2.69. The third-order valence-electron chi connectivity index (χ3n) is 17.7. The lowest BCUT2D eigenvalue weighted by Gasteiger charge is -2.75. The Kier molecular flexibility index (Phi) is 7.77. The number of ether oxygens (including phenoxy) is 1. The van der Waals surface area contributed by atoms with Crippen LogP contribution in [-0.2, 0) is 9.53 Å². The maximum absolute atomic E-state index is 12.8. The summed E-state index contributed by atoms with van der Waals surface area (Å²) >= 11 is 0. The summed E-state index contributed by atoms with van der Waals surface area (Å²) in [7, 11) is 0. The highest BCUT2D eigenvalue weighted by molar-refractivity contribution is 5.74. The molecule has 0 aromatic rings. The van der Waals surface area contributed by atoms with E-state index in [1.54, 1.807) is 0 Å². The van der Waals surface area contributed by atoms with Crippen LogP contribution in [0.15, 0.2) is 0 Å². The van der Waals surface area contributed by atoms with Gasteiger partial charge in [-0.25, -0.2) is 0 Å². The van der Waals surface area contributed by atoms with Gasteiger partial charge in [-0.05, 0) is 123 Å². The van der Waals surface area contributed by atoms with Gasteiger partial charge >= 0.3 is 5.97 Å². The molecule has 4 nitrogen and oxygen atoms in total. The van der Waals surface area contributed by atoms with Gasteiger partial charge in [-0.2, -0.15) is 0 Å². The number of rotatable bonds is 7. The van der Waals surface area contributed by atoms with Crippen molar-refractivity contribution >= 4 is 5.97 Å². The number of aliphatic hydroxyl groups is 1. The summed E-state index contributed by atoms with van der Waals surface area (Å²) < 4.78 is 6.26. The Hall–Kier alpha value is -0.610. The average Bonchev–Trinajstić information content (AvgIpc) is 3.13. The first-order chi connectivity index (χ1) is 20.8. The molecule has 7 fully saturated rings. The monoisotopic (exact) mass is 610 g/mol. The number of unbranched alkanes of at least 4 members (excludes halogenated alkanes) is 2. The van der Waals surface area contributed by atoms with E-state index in [4.69, 9.17) is 4.74 Å². The molecule has 7 rings (SSSR count). The van der Waals surface area contributed by atoms with Crippen LogP contribution in [0.3, 0.4) is 0 Å². The minimum atomic E-state index is -0.907. The number of carbonyl (C=O) groups is 1. The van der Waals surface area contributed by atoms with E-state index in [9.17, 15) is 15.0 Å². The predicted molar refractivity (Wildman–Crippen MR) is 176 cm³/mol. The second kappa shape index (κ2) is 10.7. The van der Waals surface area contributed by atoms with Gasteiger partial charge in [0.1, 0.15) is 0 Å². The van der Waals surface area contributed by atoms with Crippen molar-refractivity contribution in [3.8, 4) is 0 Å². The molecular weight excluding hydrogens is 544 g/mol. The third-order valence-corrected chi connectivity index (χ3v) is 17.7. The zero-order valence-electron chi connectivity index (χ0n) is 29.2. The summed E-state index contributed by atoms with van der Waals surface area (Å²) in [6.07, 6.45) is 26.4. The van der Waals surface area contributed by atoms with E-state index in [1.807, 2.05) is 0 Å². The van der Waals surface area contributed by atoms with Gasteiger partial charge in [0.15, 0.2) is 5.79 Å². The van der Waals surface area contributed by atoms with Gasteiger partial charge in [0.25, 0.3) is 0 Å². The lowest BCUT2D eigenvalue weighted by atomic mass is 9.29. The summed E-state index contributed by atoms with van der Waals surface area (Å²) in [5, 5.41) is 21.9. The number of carboxylic acids is 1. The molecule has 11 atom stereocenters. The van der Waals surface area contributed by atoms with Crippen molar-refractivity contribution in [1.82, 2.24) is 0 Å². The van der Waals surface area contributed by atoms with Crippen LogP contribution >= 0.6 is 0 Å². The van der Waals surface area contributed by atoms with Crippen LogP contribution in [0, 0.1) is 62.1 Å². The second-order valence-electron chi connectivity index (χ2n) is 19.2. The molecule has 44 heavy (non-hydrogen) atoms. The molecule has 1 aliphatic heterocycles. The number of hydrogen-bond acceptors (Lipinski definition) is 3. The smallest absolute Gasteiger partial charge is 0.309 e. The van der Waals surface area contributed by atoms with Gasteiger partial charge in [0.2, 0.25) is 0 Å².